The number of H-pyrrole nitrogens is 1. The Hall–Kier alpha value is -3.92. The maximum Gasteiger partial charge on any atom is 0.331 e. The molecule has 0 amide bonds. The number of anilines is 2. The van der Waals surface area contributed by atoms with Gasteiger partial charge in [0.05, 0.1) is 11.4 Å². The van der Waals surface area contributed by atoms with Crippen molar-refractivity contribution >= 4 is 38.1 Å². The quantitative estimate of drug-likeness (QED) is 0.461. The Morgan fingerprint density at radius 2 is 1.85 bits per heavy atom. The van der Waals surface area contributed by atoms with Crippen LogP contribution in [0.1, 0.15) is 17.2 Å². The van der Waals surface area contributed by atoms with Gasteiger partial charge in [0.25, 0.3) is 5.56 Å². The van der Waals surface area contributed by atoms with Gasteiger partial charge in [0.2, 0.25) is 0 Å². The Morgan fingerprint density at radius 1 is 1.15 bits per heavy atom. The lowest BCUT2D eigenvalue weighted by atomic mass is 9.99. The molecule has 0 unspecified atom stereocenters. The highest BCUT2D eigenvalue weighted by molar-refractivity contribution is 7.89. The van der Waals surface area contributed by atoms with Crippen LogP contribution in [-0.2, 0) is 27.4 Å². The molecule has 174 valence electrons. The Labute approximate surface area is 193 Å². The van der Waals surface area contributed by atoms with Gasteiger partial charge in [-0.15, -0.1) is 0 Å². The average Bonchev–Trinajstić information content (AvgIpc) is 3.14. The Bertz CT molecular complexity index is 1640. The van der Waals surface area contributed by atoms with Crippen molar-refractivity contribution < 1.29 is 22.7 Å². The van der Waals surface area contributed by atoms with Crippen molar-refractivity contribution in [1.29, 1.82) is 0 Å². The number of carbonyl (C=O) groups is 1. The summed E-state index contributed by atoms with van der Waals surface area (Å²) in [6, 6.07) is 9.23. The number of aromatic amines is 1. The van der Waals surface area contributed by atoms with Crippen molar-refractivity contribution in [3.63, 3.8) is 0 Å². The van der Waals surface area contributed by atoms with E-state index in [1.165, 1.54) is 35.0 Å². The summed E-state index contributed by atoms with van der Waals surface area (Å²) in [6.45, 7) is 0. The zero-order valence-electron chi connectivity index (χ0n) is 18.2. The standard InChI is InChI=1S/C24H20FN3O5S/c1-27-11-18-16-9-13(12-34(2,32)33)3-8-19(16)28(15-6-4-14(25)5-7-15)22(24(30)31)17-10-26-21(20(17)18)23(27)29/h3-11,22,26H,12H2,1-2H3,(H,30,31)/t22-/m1/s1. The Balaban J connectivity index is 1.92. The minimum atomic E-state index is -3.33. The largest absolute Gasteiger partial charge is 0.479 e. The van der Waals surface area contributed by atoms with Gasteiger partial charge >= 0.3 is 5.97 Å². The monoisotopic (exact) mass is 481 g/mol. The number of benzene rings is 2. The van der Waals surface area contributed by atoms with Crippen molar-refractivity contribution in [2.24, 2.45) is 7.05 Å². The third-order valence-corrected chi connectivity index (χ3v) is 6.83. The molecule has 2 N–H and O–H groups in total. The number of rotatable bonds is 4. The van der Waals surface area contributed by atoms with Crippen molar-refractivity contribution in [2.75, 3.05) is 11.2 Å². The van der Waals surface area contributed by atoms with E-state index in [1.807, 2.05) is 0 Å². The third kappa shape index (κ3) is 3.47. The molecule has 2 aromatic heterocycles. The van der Waals surface area contributed by atoms with Crippen LogP contribution in [0.25, 0.3) is 22.0 Å². The molecule has 10 heteroatoms. The molecule has 2 aromatic carbocycles. The minimum Gasteiger partial charge on any atom is -0.479 e. The Morgan fingerprint density at radius 3 is 2.50 bits per heavy atom. The summed E-state index contributed by atoms with van der Waals surface area (Å²) in [5.74, 6) is -1.83. The van der Waals surface area contributed by atoms with Gasteiger partial charge in [0, 0.05) is 53.5 Å². The van der Waals surface area contributed by atoms with Gasteiger partial charge in [-0.25, -0.2) is 17.6 Å². The van der Waals surface area contributed by atoms with Crippen LogP contribution in [0.2, 0.25) is 0 Å². The fraction of sp³-hybridized carbons (Fsp3) is 0.167. The second kappa shape index (κ2) is 7.56. The average molecular weight is 482 g/mol. The van der Waals surface area contributed by atoms with Crippen LogP contribution in [-0.4, -0.2) is 35.3 Å². The summed E-state index contributed by atoms with van der Waals surface area (Å²) in [6.07, 6.45) is 4.27. The molecule has 8 nitrogen and oxygen atoms in total. The molecule has 34 heavy (non-hydrogen) atoms. The smallest absolute Gasteiger partial charge is 0.331 e. The molecule has 0 radical (unpaired) electrons. The number of hydrogen-bond donors (Lipinski definition) is 2. The number of aliphatic carboxylic acids is 1. The molecule has 1 aliphatic rings. The number of nitrogens with zero attached hydrogens (tertiary/aromatic N) is 2. The van der Waals surface area contributed by atoms with Gasteiger partial charge in [0.1, 0.15) is 11.3 Å². The normalized spacial score (nSPS) is 15.3. The molecule has 0 spiro atoms. The molecular weight excluding hydrogens is 461 g/mol. The van der Waals surface area contributed by atoms with Crippen LogP contribution < -0.4 is 10.5 Å². The Kier molecular flexibility index (Phi) is 4.87. The first-order valence-electron chi connectivity index (χ1n) is 10.3. The molecule has 3 heterocycles. The van der Waals surface area contributed by atoms with E-state index >= 15 is 0 Å². The summed E-state index contributed by atoms with van der Waals surface area (Å²) in [5.41, 5.74) is 2.91. The van der Waals surface area contributed by atoms with E-state index in [9.17, 15) is 27.5 Å². The summed E-state index contributed by atoms with van der Waals surface area (Å²) in [7, 11) is -1.74. The SMILES string of the molecule is Cn1cc2c3c(c[nH]c3c1=O)[C@H](C(=O)O)N(c1ccc(F)cc1)c1ccc(CS(C)(=O)=O)cc1-2. The predicted octanol–water partition coefficient (Wildman–Crippen LogP) is 3.49. The van der Waals surface area contributed by atoms with Crippen LogP contribution in [0.3, 0.4) is 0 Å². The van der Waals surface area contributed by atoms with E-state index in [0.29, 0.717) is 39.0 Å². The number of hydrogen-bond acceptors (Lipinski definition) is 5. The number of fused-ring (bicyclic) bond motifs is 2. The van der Waals surface area contributed by atoms with Crippen LogP contribution >= 0.6 is 0 Å². The van der Waals surface area contributed by atoms with Gasteiger partial charge in [-0.3, -0.25) is 4.79 Å². The highest BCUT2D eigenvalue weighted by Crippen LogP contribution is 2.48. The van der Waals surface area contributed by atoms with Crippen LogP contribution in [0, 0.1) is 5.82 Å². The molecule has 1 aliphatic heterocycles. The maximum atomic E-state index is 13.7. The number of nitrogens with one attached hydrogen (secondary N) is 1. The van der Waals surface area contributed by atoms with Gasteiger partial charge in [0.15, 0.2) is 15.9 Å². The van der Waals surface area contributed by atoms with E-state index in [1.54, 1.807) is 36.3 Å². The lowest BCUT2D eigenvalue weighted by Gasteiger charge is -2.31. The summed E-state index contributed by atoms with van der Waals surface area (Å²) in [4.78, 5) is 29.9. The molecule has 0 fully saturated rings. The highest BCUT2D eigenvalue weighted by atomic mass is 32.2. The number of carboxylic acid groups (broad SMARTS) is 1. The van der Waals surface area contributed by atoms with Gasteiger partial charge in [-0.1, -0.05) is 6.07 Å². The first-order valence-corrected chi connectivity index (χ1v) is 12.4. The molecule has 1 atom stereocenters. The van der Waals surface area contributed by atoms with E-state index in [0.717, 1.165) is 6.26 Å². The fourth-order valence-corrected chi connectivity index (χ4v) is 5.41. The fourth-order valence-electron chi connectivity index (χ4n) is 4.62. The van der Waals surface area contributed by atoms with Crippen LogP contribution in [0.15, 0.2) is 59.7 Å². The van der Waals surface area contributed by atoms with Crippen LogP contribution in [0.5, 0.6) is 0 Å². The zero-order chi connectivity index (χ0) is 24.4. The van der Waals surface area contributed by atoms with Crippen molar-refractivity contribution in [2.45, 2.75) is 11.8 Å². The molecular formula is C24H20FN3O5S. The zero-order valence-corrected chi connectivity index (χ0v) is 19.1. The predicted molar refractivity (Wildman–Crippen MR) is 126 cm³/mol. The van der Waals surface area contributed by atoms with Gasteiger partial charge in [-0.05, 0) is 42.0 Å². The molecule has 4 aromatic rings. The first-order chi connectivity index (χ1) is 16.0. The number of sulfone groups is 1. The molecule has 5 rings (SSSR count). The number of aryl methyl sites for hydroxylation is 1. The second-order valence-electron chi connectivity index (χ2n) is 8.46. The van der Waals surface area contributed by atoms with Gasteiger partial charge < -0.3 is 19.6 Å². The summed E-state index contributed by atoms with van der Waals surface area (Å²) < 4.78 is 39.0. The van der Waals surface area contributed by atoms with Crippen molar-refractivity contribution in [1.82, 2.24) is 9.55 Å². The number of carboxylic acids is 1. The van der Waals surface area contributed by atoms with E-state index in [2.05, 4.69) is 4.98 Å². The minimum absolute atomic E-state index is 0.200. The third-order valence-electron chi connectivity index (χ3n) is 5.97. The first kappa shape index (κ1) is 21.9. The number of pyridine rings is 1. The molecule has 0 saturated carbocycles. The van der Waals surface area contributed by atoms with Crippen LogP contribution in [0.4, 0.5) is 15.8 Å². The van der Waals surface area contributed by atoms with Crippen molar-refractivity contribution in [3.8, 4) is 11.1 Å². The van der Waals surface area contributed by atoms with E-state index in [4.69, 9.17) is 0 Å². The molecule has 0 bridgehead atoms. The summed E-state index contributed by atoms with van der Waals surface area (Å²) in [5, 5.41) is 10.8. The second-order valence-corrected chi connectivity index (χ2v) is 10.6. The summed E-state index contributed by atoms with van der Waals surface area (Å²) >= 11 is 0. The lowest BCUT2D eigenvalue weighted by Crippen LogP contribution is -2.30. The number of aromatic nitrogens is 2. The van der Waals surface area contributed by atoms with Crippen molar-refractivity contribution in [3.05, 3.63) is 82.2 Å². The van der Waals surface area contributed by atoms with E-state index in [-0.39, 0.29) is 16.8 Å². The lowest BCUT2D eigenvalue weighted by molar-refractivity contribution is -0.138. The van der Waals surface area contributed by atoms with E-state index < -0.39 is 27.7 Å². The number of halogens is 1. The van der Waals surface area contributed by atoms with Gasteiger partial charge in [-0.2, -0.15) is 0 Å². The topological polar surface area (TPSA) is 112 Å². The maximum absolute atomic E-state index is 13.7. The molecule has 0 aliphatic carbocycles. The highest BCUT2D eigenvalue weighted by Gasteiger charge is 2.37. The molecule has 0 saturated heterocycles.